The molecule has 1 aromatic rings. The van der Waals surface area contributed by atoms with E-state index in [4.69, 9.17) is 11.1 Å². The number of hydrogen-bond donors (Lipinski definition) is 3. The van der Waals surface area contributed by atoms with Gasteiger partial charge in [-0.1, -0.05) is 25.1 Å². The third kappa shape index (κ3) is 4.16. The predicted octanol–water partition coefficient (Wildman–Crippen LogP) is 0.750. The van der Waals surface area contributed by atoms with E-state index in [2.05, 4.69) is 9.97 Å². The second-order valence-corrected chi connectivity index (χ2v) is 4.07. The molecule has 5 nitrogen and oxygen atoms in total. The molecule has 0 aliphatic rings. The Morgan fingerprint density at radius 1 is 1.73 bits per heavy atom. The molecule has 1 heterocycles. The summed E-state index contributed by atoms with van der Waals surface area (Å²) in [6, 6.07) is 1.50. The molecule has 0 aliphatic heterocycles. The monoisotopic (exact) mass is 226 g/mol. The molecule has 4 N–H and O–H groups in total. The lowest BCUT2D eigenvalue weighted by molar-refractivity contribution is 0.816. The maximum absolute atomic E-state index is 11.2. The molecule has 0 atom stereocenters. The van der Waals surface area contributed by atoms with Crippen LogP contribution in [0.3, 0.4) is 0 Å². The maximum atomic E-state index is 11.2. The van der Waals surface area contributed by atoms with Gasteiger partial charge in [0.1, 0.15) is 5.84 Å². The molecule has 0 unspecified atom stereocenters. The first kappa shape index (κ1) is 11.8. The molecular weight excluding hydrogens is 212 g/mol. The highest BCUT2D eigenvalue weighted by Gasteiger charge is 2.02. The van der Waals surface area contributed by atoms with Crippen molar-refractivity contribution in [3.05, 3.63) is 22.1 Å². The first-order chi connectivity index (χ1) is 7.11. The van der Waals surface area contributed by atoms with E-state index in [1.54, 1.807) is 0 Å². The number of nitrogens with zero attached hydrogens (tertiary/aromatic N) is 1. The van der Waals surface area contributed by atoms with Crippen LogP contribution in [0.5, 0.6) is 0 Å². The van der Waals surface area contributed by atoms with E-state index in [9.17, 15) is 4.79 Å². The Bertz CT molecular complexity index is 401. The van der Waals surface area contributed by atoms with Gasteiger partial charge < -0.3 is 10.7 Å². The van der Waals surface area contributed by atoms with E-state index < -0.39 is 0 Å². The van der Waals surface area contributed by atoms with Crippen molar-refractivity contribution in [2.75, 3.05) is 5.75 Å². The summed E-state index contributed by atoms with van der Waals surface area (Å²) in [5.74, 6) is 0.418. The largest absolute Gasteiger partial charge is 0.387 e. The lowest BCUT2D eigenvalue weighted by Crippen LogP contribution is -2.14. The van der Waals surface area contributed by atoms with Crippen LogP contribution in [-0.2, 0) is 6.42 Å². The second-order valence-electron chi connectivity index (χ2n) is 3.11. The lowest BCUT2D eigenvalue weighted by atomic mass is 10.2. The van der Waals surface area contributed by atoms with Crippen molar-refractivity contribution in [2.24, 2.45) is 5.73 Å². The summed E-state index contributed by atoms with van der Waals surface area (Å²) in [5.41, 5.74) is 5.85. The highest BCUT2D eigenvalue weighted by Crippen LogP contribution is 2.10. The number of aromatic nitrogens is 2. The van der Waals surface area contributed by atoms with Crippen molar-refractivity contribution in [3.8, 4) is 0 Å². The van der Waals surface area contributed by atoms with Gasteiger partial charge in [-0.25, -0.2) is 4.98 Å². The van der Waals surface area contributed by atoms with Crippen LogP contribution in [0, 0.1) is 5.41 Å². The normalized spacial score (nSPS) is 10.2. The van der Waals surface area contributed by atoms with Gasteiger partial charge in [0.05, 0.1) is 5.75 Å². The van der Waals surface area contributed by atoms with Crippen molar-refractivity contribution < 1.29 is 0 Å². The minimum atomic E-state index is -0.153. The van der Waals surface area contributed by atoms with E-state index in [-0.39, 0.29) is 11.4 Å². The number of aromatic amines is 1. The number of nitrogens with one attached hydrogen (secondary N) is 2. The fourth-order valence-electron chi connectivity index (χ4n) is 1.08. The summed E-state index contributed by atoms with van der Waals surface area (Å²) in [5, 5.41) is 7.60. The standard InChI is InChI=1S/C9H14N4OS/c1-2-3-6-4-8(14)13-9(12-6)15-5-7(10)11/h4H,2-3,5H2,1H3,(H3,10,11)(H,12,13,14). The average molecular weight is 226 g/mol. The summed E-state index contributed by atoms with van der Waals surface area (Å²) in [6.45, 7) is 2.03. The first-order valence-corrected chi connectivity index (χ1v) is 5.66. The number of H-pyrrole nitrogens is 1. The Hall–Kier alpha value is -1.30. The Balaban J connectivity index is 2.79. The van der Waals surface area contributed by atoms with E-state index in [0.29, 0.717) is 10.9 Å². The molecule has 82 valence electrons. The Kier molecular flexibility index (Phi) is 4.36. The predicted molar refractivity (Wildman–Crippen MR) is 61.5 cm³/mol. The van der Waals surface area contributed by atoms with Gasteiger partial charge in [0.25, 0.3) is 5.56 Å². The number of rotatable bonds is 5. The van der Waals surface area contributed by atoms with Crippen LogP contribution < -0.4 is 11.3 Å². The molecule has 0 aliphatic carbocycles. The van der Waals surface area contributed by atoms with Gasteiger partial charge in [0.15, 0.2) is 5.16 Å². The molecule has 6 heteroatoms. The lowest BCUT2D eigenvalue weighted by Gasteiger charge is -2.02. The third-order valence-corrected chi connectivity index (χ3v) is 2.57. The number of thioether (sulfide) groups is 1. The zero-order chi connectivity index (χ0) is 11.3. The zero-order valence-corrected chi connectivity index (χ0v) is 9.36. The van der Waals surface area contributed by atoms with Gasteiger partial charge in [-0.05, 0) is 6.42 Å². The van der Waals surface area contributed by atoms with Gasteiger partial charge in [-0.2, -0.15) is 0 Å². The topological polar surface area (TPSA) is 95.6 Å². The summed E-state index contributed by atoms with van der Waals surface area (Å²) >= 11 is 1.27. The van der Waals surface area contributed by atoms with Crippen molar-refractivity contribution in [3.63, 3.8) is 0 Å². The summed E-state index contributed by atoms with van der Waals surface area (Å²) in [4.78, 5) is 18.1. The minimum Gasteiger partial charge on any atom is -0.387 e. The van der Waals surface area contributed by atoms with Crippen LogP contribution in [0.25, 0.3) is 0 Å². The third-order valence-electron chi connectivity index (χ3n) is 1.64. The molecule has 0 radical (unpaired) electrons. The average Bonchev–Trinajstić information content (AvgIpc) is 2.14. The van der Waals surface area contributed by atoms with E-state index >= 15 is 0 Å². The van der Waals surface area contributed by atoms with Gasteiger partial charge in [-0.3, -0.25) is 10.2 Å². The second kappa shape index (κ2) is 5.55. The van der Waals surface area contributed by atoms with Crippen molar-refractivity contribution in [1.82, 2.24) is 9.97 Å². The van der Waals surface area contributed by atoms with Gasteiger partial charge in [0, 0.05) is 11.8 Å². The summed E-state index contributed by atoms with van der Waals surface area (Å²) < 4.78 is 0. The molecule has 15 heavy (non-hydrogen) atoms. The summed E-state index contributed by atoms with van der Waals surface area (Å²) in [6.07, 6.45) is 1.74. The Morgan fingerprint density at radius 3 is 3.07 bits per heavy atom. The van der Waals surface area contributed by atoms with Crippen molar-refractivity contribution in [2.45, 2.75) is 24.9 Å². The van der Waals surface area contributed by atoms with Crippen LogP contribution in [0.4, 0.5) is 0 Å². The summed E-state index contributed by atoms with van der Waals surface area (Å²) in [7, 11) is 0. The van der Waals surface area contributed by atoms with Gasteiger partial charge in [0.2, 0.25) is 0 Å². The molecule has 0 fully saturated rings. The SMILES string of the molecule is CCCc1cc(=O)[nH]c(SCC(=N)N)n1. The van der Waals surface area contributed by atoms with Gasteiger partial charge in [-0.15, -0.1) is 0 Å². The Labute approximate surface area is 92.0 Å². The molecule has 0 saturated carbocycles. The first-order valence-electron chi connectivity index (χ1n) is 4.67. The Morgan fingerprint density at radius 2 is 2.47 bits per heavy atom. The van der Waals surface area contributed by atoms with Gasteiger partial charge >= 0.3 is 0 Å². The molecule has 0 amide bonds. The van der Waals surface area contributed by atoms with E-state index in [1.165, 1.54) is 17.8 Å². The molecule has 0 saturated heterocycles. The fraction of sp³-hybridized carbons (Fsp3) is 0.444. The maximum Gasteiger partial charge on any atom is 0.251 e. The van der Waals surface area contributed by atoms with Crippen LogP contribution >= 0.6 is 11.8 Å². The van der Waals surface area contributed by atoms with Crippen LogP contribution in [0.15, 0.2) is 16.0 Å². The van der Waals surface area contributed by atoms with Crippen molar-refractivity contribution in [1.29, 1.82) is 5.41 Å². The number of aryl methyl sites for hydroxylation is 1. The van der Waals surface area contributed by atoms with Crippen LogP contribution in [0.2, 0.25) is 0 Å². The smallest absolute Gasteiger partial charge is 0.251 e. The van der Waals surface area contributed by atoms with E-state index in [1.807, 2.05) is 6.92 Å². The molecule has 1 rings (SSSR count). The molecule has 1 aromatic heterocycles. The molecular formula is C9H14N4OS. The highest BCUT2D eigenvalue weighted by molar-refractivity contribution is 7.99. The van der Waals surface area contributed by atoms with E-state index in [0.717, 1.165) is 18.5 Å². The minimum absolute atomic E-state index is 0.0727. The molecule has 0 spiro atoms. The quantitative estimate of drug-likeness (QED) is 0.299. The van der Waals surface area contributed by atoms with Crippen LogP contribution in [0.1, 0.15) is 19.0 Å². The highest BCUT2D eigenvalue weighted by atomic mass is 32.2. The zero-order valence-electron chi connectivity index (χ0n) is 8.54. The number of amidine groups is 1. The molecule has 0 bridgehead atoms. The number of hydrogen-bond acceptors (Lipinski definition) is 4. The van der Waals surface area contributed by atoms with Crippen LogP contribution in [-0.4, -0.2) is 21.6 Å². The fourth-order valence-corrected chi connectivity index (χ4v) is 1.73. The van der Waals surface area contributed by atoms with Crippen molar-refractivity contribution >= 4 is 17.6 Å². The number of nitrogens with two attached hydrogens (primary N) is 1. The molecule has 0 aromatic carbocycles.